The number of thiol groups is 1. The minimum atomic E-state index is -0.476. The van der Waals surface area contributed by atoms with Gasteiger partial charge in [0.25, 0.3) is 0 Å². The molecule has 24 heavy (non-hydrogen) atoms. The van der Waals surface area contributed by atoms with Crippen LogP contribution < -0.4 is 9.47 Å². The van der Waals surface area contributed by atoms with Crippen molar-refractivity contribution in [2.75, 3.05) is 14.2 Å². The van der Waals surface area contributed by atoms with E-state index in [9.17, 15) is 4.39 Å². The summed E-state index contributed by atoms with van der Waals surface area (Å²) in [5, 5.41) is 9.14. The summed E-state index contributed by atoms with van der Waals surface area (Å²) >= 11 is 10.5. The average molecular weight is 366 g/mol. The van der Waals surface area contributed by atoms with Crippen LogP contribution in [0.1, 0.15) is 29.5 Å². The maximum absolute atomic E-state index is 14.3. The average Bonchev–Trinajstić information content (AvgIpc) is 2.55. The fourth-order valence-electron chi connectivity index (χ4n) is 2.64. The number of nitrogens with zero attached hydrogens (tertiary/aromatic N) is 1. The number of methoxy groups -OCH3 is 2. The molecule has 0 aliphatic heterocycles. The molecule has 0 radical (unpaired) electrons. The Morgan fingerprint density at radius 1 is 1.21 bits per heavy atom. The van der Waals surface area contributed by atoms with Crippen molar-refractivity contribution >= 4 is 24.2 Å². The number of halogens is 2. The van der Waals surface area contributed by atoms with Crippen LogP contribution in [0.4, 0.5) is 4.39 Å². The first-order valence-corrected chi connectivity index (χ1v) is 8.06. The summed E-state index contributed by atoms with van der Waals surface area (Å²) in [4.78, 5) is 0.610. The van der Waals surface area contributed by atoms with Crippen molar-refractivity contribution < 1.29 is 13.9 Å². The van der Waals surface area contributed by atoms with Crippen molar-refractivity contribution in [3.63, 3.8) is 0 Å². The van der Waals surface area contributed by atoms with Gasteiger partial charge in [-0.1, -0.05) is 18.5 Å². The molecule has 0 N–H and O–H groups in total. The van der Waals surface area contributed by atoms with Gasteiger partial charge >= 0.3 is 0 Å². The first kappa shape index (κ1) is 18.4. The van der Waals surface area contributed by atoms with Gasteiger partial charge in [0.05, 0.1) is 30.7 Å². The van der Waals surface area contributed by atoms with E-state index in [1.54, 1.807) is 14.2 Å². The SMILES string of the molecule is COc1cc(CC(C)c2c(F)cc(C#N)cc2Cl)cc(OC)c1S. The molecule has 0 amide bonds. The second kappa shape index (κ2) is 7.78. The Labute approximate surface area is 151 Å². The third-order valence-electron chi connectivity index (χ3n) is 3.78. The summed E-state index contributed by atoms with van der Waals surface area (Å²) in [6.07, 6.45) is 0.531. The highest BCUT2D eigenvalue weighted by molar-refractivity contribution is 7.80. The highest BCUT2D eigenvalue weighted by atomic mass is 35.5. The molecule has 0 aliphatic rings. The minimum Gasteiger partial charge on any atom is -0.495 e. The molecule has 1 unspecified atom stereocenters. The van der Waals surface area contributed by atoms with Crippen LogP contribution in [0.25, 0.3) is 0 Å². The quantitative estimate of drug-likeness (QED) is 0.758. The zero-order chi connectivity index (χ0) is 17.9. The third-order valence-corrected chi connectivity index (χ3v) is 4.54. The van der Waals surface area contributed by atoms with Gasteiger partial charge in [0.2, 0.25) is 0 Å². The van der Waals surface area contributed by atoms with E-state index in [1.807, 2.05) is 25.1 Å². The number of benzene rings is 2. The Morgan fingerprint density at radius 2 is 1.79 bits per heavy atom. The predicted octanol–water partition coefficient (Wildman–Crippen LogP) is 5.00. The lowest BCUT2D eigenvalue weighted by molar-refractivity contribution is 0.375. The zero-order valence-corrected chi connectivity index (χ0v) is 15.2. The first-order chi connectivity index (χ1) is 11.4. The molecule has 0 aliphatic carbocycles. The lowest BCUT2D eigenvalue weighted by Gasteiger charge is -2.17. The van der Waals surface area contributed by atoms with Gasteiger partial charge in [-0.3, -0.25) is 0 Å². The molecule has 2 rings (SSSR count). The minimum absolute atomic E-state index is 0.189. The molecule has 0 aromatic heterocycles. The molecular formula is C18H17ClFNO2S. The molecule has 0 bridgehead atoms. The Morgan fingerprint density at radius 3 is 2.25 bits per heavy atom. The molecule has 2 aromatic rings. The van der Waals surface area contributed by atoms with E-state index < -0.39 is 5.82 Å². The first-order valence-electron chi connectivity index (χ1n) is 7.24. The molecular weight excluding hydrogens is 349 g/mol. The number of hydrogen-bond donors (Lipinski definition) is 1. The molecule has 0 fully saturated rings. The van der Waals surface area contributed by atoms with Gasteiger partial charge in [0.1, 0.15) is 17.3 Å². The van der Waals surface area contributed by atoms with Gasteiger partial charge < -0.3 is 9.47 Å². The summed E-state index contributed by atoms with van der Waals surface area (Å²) in [6, 6.07) is 8.27. The number of nitriles is 1. The maximum atomic E-state index is 14.3. The van der Waals surface area contributed by atoms with Crippen LogP contribution in [0.2, 0.25) is 5.02 Å². The van der Waals surface area contributed by atoms with Crippen LogP contribution in [-0.4, -0.2) is 14.2 Å². The molecule has 0 saturated heterocycles. The van der Waals surface area contributed by atoms with E-state index in [0.29, 0.717) is 28.4 Å². The van der Waals surface area contributed by atoms with Crippen LogP contribution in [0.3, 0.4) is 0 Å². The van der Waals surface area contributed by atoms with Gasteiger partial charge in [-0.2, -0.15) is 5.26 Å². The van der Waals surface area contributed by atoms with Crippen molar-refractivity contribution in [1.29, 1.82) is 5.26 Å². The highest BCUT2D eigenvalue weighted by Gasteiger charge is 2.18. The molecule has 0 spiro atoms. The van der Waals surface area contributed by atoms with Crippen molar-refractivity contribution in [2.45, 2.75) is 24.2 Å². The molecule has 3 nitrogen and oxygen atoms in total. The third kappa shape index (κ3) is 3.77. The maximum Gasteiger partial charge on any atom is 0.136 e. The van der Waals surface area contributed by atoms with Crippen molar-refractivity contribution in [1.82, 2.24) is 0 Å². The summed E-state index contributed by atoms with van der Waals surface area (Å²) in [5.41, 5.74) is 1.51. The Bertz CT molecular complexity index is 756. The Hall–Kier alpha value is -1.90. The van der Waals surface area contributed by atoms with Crippen molar-refractivity contribution in [3.05, 3.63) is 51.8 Å². The normalized spacial score (nSPS) is 11.7. The summed E-state index contributed by atoms with van der Waals surface area (Å²) in [6.45, 7) is 1.88. The lowest BCUT2D eigenvalue weighted by Crippen LogP contribution is -2.04. The Kier molecular flexibility index (Phi) is 5.98. The topological polar surface area (TPSA) is 42.2 Å². The standard InChI is InChI=1S/C18H17ClFNO2S/c1-10(17-13(19)5-12(9-21)6-14(17)20)4-11-7-15(22-2)18(24)16(8-11)23-3/h5-8,10,24H,4H2,1-3H3. The summed E-state index contributed by atoms with van der Waals surface area (Å²) in [7, 11) is 3.11. The van der Waals surface area contributed by atoms with Crippen molar-refractivity contribution in [3.8, 4) is 17.6 Å². The second-order valence-corrected chi connectivity index (χ2v) is 6.27. The van der Waals surface area contributed by atoms with Crippen LogP contribution in [-0.2, 0) is 6.42 Å². The van der Waals surface area contributed by atoms with Crippen LogP contribution >= 0.6 is 24.2 Å². The fraction of sp³-hybridized carbons (Fsp3) is 0.278. The lowest BCUT2D eigenvalue weighted by atomic mass is 9.92. The van der Waals surface area contributed by atoms with E-state index in [4.69, 9.17) is 26.3 Å². The Balaban J connectivity index is 2.37. The summed E-state index contributed by atoms with van der Waals surface area (Å²) in [5.74, 6) is 0.513. The number of ether oxygens (including phenoxy) is 2. The van der Waals surface area contributed by atoms with E-state index in [-0.39, 0.29) is 16.5 Å². The largest absolute Gasteiger partial charge is 0.495 e. The highest BCUT2D eigenvalue weighted by Crippen LogP contribution is 2.36. The molecule has 1 atom stereocenters. The van der Waals surface area contributed by atoms with Crippen LogP contribution in [0.15, 0.2) is 29.2 Å². The van der Waals surface area contributed by atoms with Gasteiger partial charge in [-0.05, 0) is 42.2 Å². The van der Waals surface area contributed by atoms with Crippen molar-refractivity contribution in [2.24, 2.45) is 0 Å². The zero-order valence-electron chi connectivity index (χ0n) is 13.6. The predicted molar refractivity (Wildman–Crippen MR) is 95.0 cm³/mol. The number of rotatable bonds is 5. The molecule has 2 aromatic carbocycles. The summed E-state index contributed by atoms with van der Waals surface area (Å²) < 4.78 is 24.9. The van der Waals surface area contributed by atoms with Gasteiger partial charge in [-0.25, -0.2) is 4.39 Å². The second-order valence-electron chi connectivity index (χ2n) is 5.42. The van der Waals surface area contributed by atoms with E-state index in [2.05, 4.69) is 12.6 Å². The van der Waals surface area contributed by atoms with E-state index in [1.165, 1.54) is 12.1 Å². The molecule has 6 heteroatoms. The molecule has 0 saturated carbocycles. The monoisotopic (exact) mass is 365 g/mol. The van der Waals surface area contributed by atoms with Gasteiger partial charge in [0, 0.05) is 10.6 Å². The van der Waals surface area contributed by atoms with Gasteiger partial charge in [-0.15, -0.1) is 12.6 Å². The molecule has 0 heterocycles. The van der Waals surface area contributed by atoms with Crippen LogP contribution in [0.5, 0.6) is 11.5 Å². The van der Waals surface area contributed by atoms with Crippen LogP contribution in [0, 0.1) is 17.1 Å². The number of hydrogen-bond acceptors (Lipinski definition) is 4. The van der Waals surface area contributed by atoms with E-state index in [0.717, 1.165) is 5.56 Å². The fourth-order valence-corrected chi connectivity index (χ4v) is 3.35. The van der Waals surface area contributed by atoms with E-state index >= 15 is 0 Å². The smallest absolute Gasteiger partial charge is 0.136 e. The molecule has 126 valence electrons. The van der Waals surface area contributed by atoms with Gasteiger partial charge in [0.15, 0.2) is 0 Å².